The van der Waals surface area contributed by atoms with Crippen LogP contribution in [0, 0.1) is 0 Å². The van der Waals surface area contributed by atoms with Gasteiger partial charge in [0.1, 0.15) is 0 Å². The van der Waals surface area contributed by atoms with Crippen molar-refractivity contribution in [2.45, 2.75) is 52.9 Å². The van der Waals surface area contributed by atoms with Crippen LogP contribution < -0.4 is 0 Å². The molecule has 0 fully saturated rings. The molecule has 0 saturated carbocycles. The van der Waals surface area contributed by atoms with Gasteiger partial charge in [0.2, 0.25) is 0 Å². The molecule has 0 aromatic rings. The average Bonchev–Trinajstić information content (AvgIpc) is 2.12. The van der Waals surface area contributed by atoms with Crippen LogP contribution in [-0.2, 0) is 0 Å². The summed E-state index contributed by atoms with van der Waals surface area (Å²) in [6.07, 6.45) is 11.7. The highest BCUT2D eigenvalue weighted by Crippen LogP contribution is 2.56. The fraction of sp³-hybridized carbons (Fsp3) is 1.00. The summed E-state index contributed by atoms with van der Waals surface area (Å²) in [5.41, 5.74) is 0. The molecule has 0 aliphatic carbocycles. The Morgan fingerprint density at radius 2 is 1.15 bits per heavy atom. The summed E-state index contributed by atoms with van der Waals surface area (Å²) in [5, 5.41) is 0. The van der Waals surface area contributed by atoms with E-state index in [9.17, 15) is 0 Å². The summed E-state index contributed by atoms with van der Waals surface area (Å²) >= 11 is 0. The van der Waals surface area contributed by atoms with Crippen molar-refractivity contribution in [1.29, 1.82) is 0 Å². The Bertz CT molecular complexity index is 102. The molecule has 0 nitrogen and oxygen atoms in total. The predicted molar refractivity (Wildman–Crippen MR) is 67.6 cm³/mol. The molecule has 0 aromatic carbocycles. The SMILES string of the molecule is CCCC[P+](C)(CCC)CCCC. The van der Waals surface area contributed by atoms with E-state index < -0.39 is 7.26 Å². The van der Waals surface area contributed by atoms with Gasteiger partial charge in [-0.15, -0.1) is 0 Å². The van der Waals surface area contributed by atoms with Crippen molar-refractivity contribution in [1.82, 2.24) is 0 Å². The van der Waals surface area contributed by atoms with Gasteiger partial charge >= 0.3 is 0 Å². The molecule has 0 rings (SSSR count). The third-order valence-corrected chi connectivity index (χ3v) is 7.19. The van der Waals surface area contributed by atoms with Crippen molar-refractivity contribution < 1.29 is 0 Å². The topological polar surface area (TPSA) is 0 Å². The molecule has 0 amide bonds. The Labute approximate surface area is 85.8 Å². The van der Waals surface area contributed by atoms with Gasteiger partial charge < -0.3 is 0 Å². The highest BCUT2D eigenvalue weighted by molar-refractivity contribution is 7.75. The van der Waals surface area contributed by atoms with Gasteiger partial charge in [0, 0.05) is 13.9 Å². The second-order valence-corrected chi connectivity index (χ2v) is 9.08. The summed E-state index contributed by atoms with van der Waals surface area (Å²) in [6.45, 7) is 9.57. The molecular formula is C12H28P+. The molecule has 0 saturated heterocycles. The van der Waals surface area contributed by atoms with Gasteiger partial charge in [-0.05, 0) is 19.3 Å². The van der Waals surface area contributed by atoms with E-state index in [1.54, 1.807) is 12.3 Å². The maximum absolute atomic E-state index is 2.60. The molecule has 13 heavy (non-hydrogen) atoms. The van der Waals surface area contributed by atoms with E-state index in [2.05, 4.69) is 27.4 Å². The van der Waals surface area contributed by atoms with Crippen LogP contribution >= 0.6 is 7.26 Å². The molecule has 0 aliphatic rings. The van der Waals surface area contributed by atoms with E-state index in [-0.39, 0.29) is 0 Å². The zero-order valence-corrected chi connectivity index (χ0v) is 11.0. The van der Waals surface area contributed by atoms with Gasteiger partial charge in [-0.1, -0.05) is 33.6 Å². The van der Waals surface area contributed by atoms with Crippen molar-refractivity contribution in [3.63, 3.8) is 0 Å². The lowest BCUT2D eigenvalue weighted by atomic mass is 10.4. The first-order valence-corrected chi connectivity index (χ1v) is 8.81. The molecule has 0 atom stereocenters. The van der Waals surface area contributed by atoms with Gasteiger partial charge in [0.15, 0.2) is 0 Å². The van der Waals surface area contributed by atoms with E-state index in [1.807, 2.05) is 0 Å². The molecule has 0 bridgehead atoms. The van der Waals surface area contributed by atoms with Gasteiger partial charge in [0.25, 0.3) is 0 Å². The van der Waals surface area contributed by atoms with Crippen LogP contribution in [0.2, 0.25) is 0 Å². The van der Waals surface area contributed by atoms with Gasteiger partial charge in [-0.3, -0.25) is 0 Å². The summed E-state index contributed by atoms with van der Waals surface area (Å²) in [6, 6.07) is 0. The van der Waals surface area contributed by atoms with Gasteiger partial charge in [-0.25, -0.2) is 0 Å². The lowest BCUT2D eigenvalue weighted by Crippen LogP contribution is -2.06. The van der Waals surface area contributed by atoms with E-state index in [4.69, 9.17) is 0 Å². The Hall–Kier alpha value is 0.430. The zero-order chi connectivity index (χ0) is 10.2. The molecule has 1 heteroatoms. The smallest absolute Gasteiger partial charge is 0.0591 e. The van der Waals surface area contributed by atoms with E-state index in [1.165, 1.54) is 38.3 Å². The maximum Gasteiger partial charge on any atom is 0.0591 e. The van der Waals surface area contributed by atoms with Crippen LogP contribution in [0.3, 0.4) is 0 Å². The standard InChI is InChI=1S/C12H28P/c1-5-8-11-13(4,10-7-3)12-9-6-2/h5-12H2,1-4H3/q+1. The molecule has 0 unspecified atom stereocenters. The molecular weight excluding hydrogens is 175 g/mol. The van der Waals surface area contributed by atoms with Crippen molar-refractivity contribution in [2.24, 2.45) is 0 Å². The van der Waals surface area contributed by atoms with E-state index in [0.717, 1.165) is 0 Å². The van der Waals surface area contributed by atoms with Crippen molar-refractivity contribution in [3.8, 4) is 0 Å². The van der Waals surface area contributed by atoms with Crippen LogP contribution in [0.4, 0.5) is 0 Å². The van der Waals surface area contributed by atoms with Crippen molar-refractivity contribution in [2.75, 3.05) is 25.2 Å². The van der Waals surface area contributed by atoms with Crippen molar-refractivity contribution >= 4 is 7.26 Å². The summed E-state index contributed by atoms with van der Waals surface area (Å²) in [5.74, 6) is 0. The number of hydrogen-bond donors (Lipinski definition) is 0. The molecule has 0 aliphatic heterocycles. The predicted octanol–water partition coefficient (Wildman–Crippen LogP) is 4.64. The lowest BCUT2D eigenvalue weighted by molar-refractivity contribution is 0.855. The van der Waals surface area contributed by atoms with Gasteiger partial charge in [-0.2, -0.15) is 0 Å². The van der Waals surface area contributed by atoms with Gasteiger partial charge in [0.05, 0.1) is 18.5 Å². The molecule has 80 valence electrons. The van der Waals surface area contributed by atoms with E-state index in [0.29, 0.717) is 0 Å². The Kier molecular flexibility index (Phi) is 8.06. The highest BCUT2D eigenvalue weighted by atomic mass is 31.2. The Balaban J connectivity index is 3.84. The first-order valence-electron chi connectivity index (χ1n) is 6.02. The first kappa shape index (κ1) is 13.4. The van der Waals surface area contributed by atoms with Crippen LogP contribution in [0.25, 0.3) is 0 Å². The van der Waals surface area contributed by atoms with Crippen molar-refractivity contribution in [3.05, 3.63) is 0 Å². The normalized spacial score (nSPS) is 12.0. The van der Waals surface area contributed by atoms with E-state index >= 15 is 0 Å². The second-order valence-electron chi connectivity index (χ2n) is 4.50. The monoisotopic (exact) mass is 203 g/mol. The molecule has 0 spiro atoms. The summed E-state index contributed by atoms with van der Waals surface area (Å²) < 4.78 is 0. The third-order valence-electron chi connectivity index (χ3n) is 2.87. The number of unbranched alkanes of at least 4 members (excludes halogenated alkanes) is 2. The molecule has 0 heterocycles. The fourth-order valence-electron chi connectivity index (χ4n) is 1.95. The largest absolute Gasteiger partial charge is 0.0652 e. The fourth-order valence-corrected chi connectivity index (χ4v) is 5.86. The molecule has 0 N–H and O–H groups in total. The van der Waals surface area contributed by atoms with Crippen LogP contribution in [0.5, 0.6) is 0 Å². The number of rotatable bonds is 8. The quantitative estimate of drug-likeness (QED) is 0.504. The van der Waals surface area contributed by atoms with Crippen LogP contribution in [0.15, 0.2) is 0 Å². The second kappa shape index (κ2) is 7.80. The minimum Gasteiger partial charge on any atom is -0.0652 e. The van der Waals surface area contributed by atoms with Crippen LogP contribution in [0.1, 0.15) is 52.9 Å². The lowest BCUT2D eigenvalue weighted by Gasteiger charge is -2.22. The average molecular weight is 203 g/mol. The first-order chi connectivity index (χ1) is 6.18. The Morgan fingerprint density at radius 3 is 1.46 bits per heavy atom. The summed E-state index contributed by atoms with van der Waals surface area (Å²) in [7, 11) is -0.502. The minimum atomic E-state index is -0.502. The Morgan fingerprint density at radius 1 is 0.692 bits per heavy atom. The van der Waals surface area contributed by atoms with Crippen LogP contribution in [-0.4, -0.2) is 25.2 Å². The summed E-state index contributed by atoms with van der Waals surface area (Å²) in [4.78, 5) is 0. The third kappa shape index (κ3) is 6.49. The zero-order valence-electron chi connectivity index (χ0n) is 10.1. The number of hydrogen-bond acceptors (Lipinski definition) is 0. The molecule has 0 radical (unpaired) electrons. The molecule has 0 aromatic heterocycles. The minimum absolute atomic E-state index is 0.502. The highest BCUT2D eigenvalue weighted by Gasteiger charge is 2.28. The maximum atomic E-state index is 2.60.